The van der Waals surface area contributed by atoms with Gasteiger partial charge in [-0.1, -0.05) is 18.2 Å². The summed E-state index contributed by atoms with van der Waals surface area (Å²) in [5, 5.41) is 18.5. The molecule has 4 nitrogen and oxygen atoms in total. The normalized spacial score (nSPS) is 15.7. The highest BCUT2D eigenvalue weighted by Crippen LogP contribution is 2.28. The standard InChI is InChI=1S/C13H17NO3/c1-9(15)10(2)17-13(8-14)11-6-4-5-7-12(11)16-3/h4-7,9-10,13,15H,1-3H3. The van der Waals surface area contributed by atoms with Gasteiger partial charge in [0.2, 0.25) is 0 Å². The second-order valence-electron chi connectivity index (χ2n) is 3.83. The van der Waals surface area contributed by atoms with Gasteiger partial charge in [0.1, 0.15) is 5.75 Å². The molecule has 1 N–H and O–H groups in total. The number of hydrogen-bond acceptors (Lipinski definition) is 4. The topological polar surface area (TPSA) is 62.5 Å². The lowest BCUT2D eigenvalue weighted by Gasteiger charge is -2.20. The van der Waals surface area contributed by atoms with Gasteiger partial charge in [0, 0.05) is 5.56 Å². The van der Waals surface area contributed by atoms with E-state index < -0.39 is 18.3 Å². The smallest absolute Gasteiger partial charge is 0.173 e. The van der Waals surface area contributed by atoms with Crippen LogP contribution >= 0.6 is 0 Å². The maximum absolute atomic E-state index is 9.37. The Morgan fingerprint density at radius 1 is 1.29 bits per heavy atom. The van der Waals surface area contributed by atoms with E-state index >= 15 is 0 Å². The van der Waals surface area contributed by atoms with Crippen LogP contribution in [0.2, 0.25) is 0 Å². The average molecular weight is 235 g/mol. The average Bonchev–Trinajstić information content (AvgIpc) is 2.35. The number of nitrogens with zero attached hydrogens (tertiary/aromatic N) is 1. The molecule has 0 fully saturated rings. The molecule has 0 aliphatic rings. The van der Waals surface area contributed by atoms with Crippen LogP contribution in [0.5, 0.6) is 5.75 Å². The van der Waals surface area contributed by atoms with E-state index in [1.54, 1.807) is 33.1 Å². The van der Waals surface area contributed by atoms with E-state index in [1.165, 1.54) is 0 Å². The third-order valence-electron chi connectivity index (χ3n) is 2.57. The number of hydrogen-bond donors (Lipinski definition) is 1. The van der Waals surface area contributed by atoms with Gasteiger partial charge in [0.15, 0.2) is 6.10 Å². The van der Waals surface area contributed by atoms with Crippen molar-refractivity contribution in [3.8, 4) is 11.8 Å². The maximum Gasteiger partial charge on any atom is 0.173 e. The molecule has 1 aromatic carbocycles. The highest BCUT2D eigenvalue weighted by Gasteiger charge is 2.20. The minimum Gasteiger partial charge on any atom is -0.496 e. The Morgan fingerprint density at radius 2 is 1.94 bits per heavy atom. The van der Waals surface area contributed by atoms with E-state index in [9.17, 15) is 5.11 Å². The Labute approximate surface area is 101 Å². The van der Waals surface area contributed by atoms with Crippen molar-refractivity contribution in [3.63, 3.8) is 0 Å². The van der Waals surface area contributed by atoms with E-state index in [1.807, 2.05) is 12.1 Å². The monoisotopic (exact) mass is 235 g/mol. The number of nitriles is 1. The largest absolute Gasteiger partial charge is 0.496 e. The summed E-state index contributed by atoms with van der Waals surface area (Å²) in [5.74, 6) is 0.608. The lowest BCUT2D eigenvalue weighted by atomic mass is 10.1. The first-order valence-electron chi connectivity index (χ1n) is 5.46. The molecule has 17 heavy (non-hydrogen) atoms. The summed E-state index contributed by atoms with van der Waals surface area (Å²) < 4.78 is 10.7. The molecule has 0 aliphatic heterocycles. The van der Waals surface area contributed by atoms with Crippen LogP contribution in [0, 0.1) is 11.3 Å². The van der Waals surface area contributed by atoms with Crippen LogP contribution in [0.25, 0.3) is 0 Å². The Kier molecular flexibility index (Phi) is 4.95. The van der Waals surface area contributed by atoms with Crippen LogP contribution in [0.3, 0.4) is 0 Å². The molecule has 4 heteroatoms. The minimum atomic E-state index is -0.740. The van der Waals surface area contributed by atoms with Crippen molar-refractivity contribution in [3.05, 3.63) is 29.8 Å². The lowest BCUT2D eigenvalue weighted by molar-refractivity contribution is -0.0431. The van der Waals surface area contributed by atoms with Gasteiger partial charge in [-0.15, -0.1) is 0 Å². The fourth-order valence-electron chi connectivity index (χ4n) is 1.38. The zero-order chi connectivity index (χ0) is 12.8. The predicted molar refractivity (Wildman–Crippen MR) is 63.6 cm³/mol. The molecule has 0 heterocycles. The van der Waals surface area contributed by atoms with Crippen LogP contribution in [0.15, 0.2) is 24.3 Å². The van der Waals surface area contributed by atoms with Crippen LogP contribution < -0.4 is 4.74 Å². The van der Waals surface area contributed by atoms with Gasteiger partial charge in [-0.2, -0.15) is 5.26 Å². The number of methoxy groups -OCH3 is 1. The molecule has 1 aromatic rings. The summed E-state index contributed by atoms with van der Waals surface area (Å²) in [4.78, 5) is 0. The quantitative estimate of drug-likeness (QED) is 0.848. The van der Waals surface area contributed by atoms with Crippen LogP contribution in [0.4, 0.5) is 0 Å². The Morgan fingerprint density at radius 3 is 2.47 bits per heavy atom. The van der Waals surface area contributed by atoms with Gasteiger partial charge < -0.3 is 14.6 Å². The zero-order valence-corrected chi connectivity index (χ0v) is 10.3. The molecule has 0 saturated heterocycles. The number of aliphatic hydroxyl groups is 1. The molecule has 0 spiro atoms. The number of para-hydroxylation sites is 1. The van der Waals surface area contributed by atoms with E-state index in [0.717, 1.165) is 0 Å². The molecule has 3 unspecified atom stereocenters. The van der Waals surface area contributed by atoms with Gasteiger partial charge in [-0.3, -0.25) is 0 Å². The number of ether oxygens (including phenoxy) is 2. The second-order valence-corrected chi connectivity index (χ2v) is 3.83. The van der Waals surface area contributed by atoms with E-state index in [4.69, 9.17) is 14.7 Å². The first kappa shape index (κ1) is 13.5. The SMILES string of the molecule is COc1ccccc1C(C#N)OC(C)C(C)O. The Balaban J connectivity index is 2.91. The predicted octanol–water partition coefficient (Wildman–Crippen LogP) is 2.05. The van der Waals surface area contributed by atoms with E-state index in [2.05, 4.69) is 6.07 Å². The van der Waals surface area contributed by atoms with Crippen LogP contribution in [-0.4, -0.2) is 24.4 Å². The lowest BCUT2D eigenvalue weighted by Crippen LogP contribution is -2.24. The molecule has 92 valence electrons. The molecule has 0 radical (unpaired) electrons. The molecule has 1 rings (SSSR count). The number of benzene rings is 1. The minimum absolute atomic E-state index is 0.412. The van der Waals surface area contributed by atoms with Gasteiger partial charge >= 0.3 is 0 Å². The zero-order valence-electron chi connectivity index (χ0n) is 10.3. The molecule has 0 bridgehead atoms. The van der Waals surface area contributed by atoms with E-state index in [0.29, 0.717) is 11.3 Å². The molecule has 3 atom stereocenters. The summed E-state index contributed by atoms with van der Waals surface area (Å²) in [6.45, 7) is 3.35. The molecule has 0 amide bonds. The van der Waals surface area contributed by atoms with E-state index in [-0.39, 0.29) is 0 Å². The maximum atomic E-state index is 9.37. The van der Waals surface area contributed by atoms with Gasteiger partial charge in [0.05, 0.1) is 25.4 Å². The number of aliphatic hydroxyl groups excluding tert-OH is 1. The van der Waals surface area contributed by atoms with Crippen molar-refractivity contribution in [1.82, 2.24) is 0 Å². The summed E-state index contributed by atoms with van der Waals surface area (Å²) in [7, 11) is 1.55. The summed E-state index contributed by atoms with van der Waals surface area (Å²) in [6, 6.07) is 9.26. The Bertz CT molecular complexity index is 398. The third kappa shape index (κ3) is 3.45. The van der Waals surface area contributed by atoms with Crippen molar-refractivity contribution in [2.75, 3.05) is 7.11 Å². The molecule has 0 aliphatic carbocycles. The van der Waals surface area contributed by atoms with Gasteiger partial charge in [-0.25, -0.2) is 0 Å². The van der Waals surface area contributed by atoms with Crippen molar-refractivity contribution in [1.29, 1.82) is 5.26 Å². The highest BCUT2D eigenvalue weighted by atomic mass is 16.5. The van der Waals surface area contributed by atoms with Crippen molar-refractivity contribution < 1.29 is 14.6 Å². The first-order valence-corrected chi connectivity index (χ1v) is 5.46. The molecule has 0 saturated carbocycles. The summed E-state index contributed by atoms with van der Waals surface area (Å²) >= 11 is 0. The van der Waals surface area contributed by atoms with Crippen molar-refractivity contribution in [2.24, 2.45) is 0 Å². The Hall–Kier alpha value is -1.57. The molecule has 0 aromatic heterocycles. The number of rotatable bonds is 5. The fraction of sp³-hybridized carbons (Fsp3) is 0.462. The third-order valence-corrected chi connectivity index (χ3v) is 2.57. The van der Waals surface area contributed by atoms with Gasteiger partial charge in [-0.05, 0) is 19.9 Å². The summed E-state index contributed by atoms with van der Waals surface area (Å²) in [5.41, 5.74) is 0.671. The van der Waals surface area contributed by atoms with Crippen LogP contribution in [0.1, 0.15) is 25.5 Å². The first-order chi connectivity index (χ1) is 8.10. The van der Waals surface area contributed by atoms with Gasteiger partial charge in [0.25, 0.3) is 0 Å². The fourth-order valence-corrected chi connectivity index (χ4v) is 1.38. The van der Waals surface area contributed by atoms with Crippen molar-refractivity contribution >= 4 is 0 Å². The molecular formula is C13H17NO3. The summed E-state index contributed by atoms with van der Waals surface area (Å²) in [6.07, 6.45) is -1.78. The van der Waals surface area contributed by atoms with Crippen molar-refractivity contribution in [2.45, 2.75) is 32.2 Å². The highest BCUT2D eigenvalue weighted by molar-refractivity contribution is 5.37. The molecular weight excluding hydrogens is 218 g/mol. The second kappa shape index (κ2) is 6.24. The van der Waals surface area contributed by atoms with Crippen LogP contribution in [-0.2, 0) is 4.74 Å².